The molecule has 0 radical (unpaired) electrons. The van der Waals surface area contributed by atoms with Crippen LogP contribution in [0.1, 0.15) is 27.7 Å². The van der Waals surface area contributed by atoms with E-state index in [2.05, 4.69) is 4.72 Å². The van der Waals surface area contributed by atoms with Gasteiger partial charge in [-0.15, -0.1) is 11.3 Å². The van der Waals surface area contributed by atoms with Gasteiger partial charge in [0.25, 0.3) is 10.0 Å². The number of benzene rings is 1. The van der Waals surface area contributed by atoms with Crippen LogP contribution in [0, 0.1) is 6.92 Å². The van der Waals surface area contributed by atoms with Gasteiger partial charge in [-0.2, -0.15) is 0 Å². The van der Waals surface area contributed by atoms with E-state index in [0.717, 1.165) is 16.9 Å². The standard InChI is InChI=1S/C14H15NO4S2/c1-3-10-5-7-13(20-10)21(18,19)15-12-6-4-9(2)8-11(12)14(16)17/h4-8,15H,3H2,1-2H3,(H,16,17). The molecule has 21 heavy (non-hydrogen) atoms. The van der Waals surface area contributed by atoms with E-state index >= 15 is 0 Å². The molecule has 0 fully saturated rings. The van der Waals surface area contributed by atoms with Crippen molar-refractivity contribution in [2.75, 3.05) is 4.72 Å². The molecule has 0 aliphatic rings. The highest BCUT2D eigenvalue weighted by Gasteiger charge is 2.20. The molecule has 0 saturated carbocycles. The Morgan fingerprint density at radius 3 is 2.57 bits per heavy atom. The minimum atomic E-state index is -3.77. The Balaban J connectivity index is 2.39. The van der Waals surface area contributed by atoms with E-state index in [1.807, 2.05) is 6.92 Å². The van der Waals surface area contributed by atoms with Crippen molar-refractivity contribution in [2.45, 2.75) is 24.5 Å². The first-order valence-corrected chi connectivity index (χ1v) is 8.59. The van der Waals surface area contributed by atoms with Crippen molar-refractivity contribution < 1.29 is 18.3 Å². The van der Waals surface area contributed by atoms with Gasteiger partial charge in [-0.3, -0.25) is 4.72 Å². The number of sulfonamides is 1. The summed E-state index contributed by atoms with van der Waals surface area (Å²) in [4.78, 5) is 12.2. The molecule has 112 valence electrons. The van der Waals surface area contributed by atoms with E-state index in [1.54, 1.807) is 19.1 Å². The van der Waals surface area contributed by atoms with Crippen molar-refractivity contribution in [1.82, 2.24) is 0 Å². The van der Waals surface area contributed by atoms with Gasteiger partial charge in [0.2, 0.25) is 0 Å². The highest BCUT2D eigenvalue weighted by Crippen LogP contribution is 2.26. The summed E-state index contributed by atoms with van der Waals surface area (Å²) in [6.45, 7) is 3.69. The number of anilines is 1. The molecule has 2 N–H and O–H groups in total. The van der Waals surface area contributed by atoms with Crippen LogP contribution in [0.25, 0.3) is 0 Å². The molecule has 1 aromatic carbocycles. The van der Waals surface area contributed by atoms with E-state index < -0.39 is 16.0 Å². The second kappa shape index (κ2) is 5.87. The van der Waals surface area contributed by atoms with Crippen molar-refractivity contribution >= 4 is 33.0 Å². The quantitative estimate of drug-likeness (QED) is 0.884. The lowest BCUT2D eigenvalue weighted by molar-refractivity contribution is 0.0698. The van der Waals surface area contributed by atoms with E-state index in [0.29, 0.717) is 0 Å². The average Bonchev–Trinajstić information content (AvgIpc) is 2.90. The Morgan fingerprint density at radius 2 is 2.00 bits per heavy atom. The zero-order valence-electron chi connectivity index (χ0n) is 11.6. The maximum atomic E-state index is 12.3. The fourth-order valence-electron chi connectivity index (χ4n) is 1.81. The van der Waals surface area contributed by atoms with Crippen LogP contribution >= 0.6 is 11.3 Å². The van der Waals surface area contributed by atoms with Crippen LogP contribution in [-0.4, -0.2) is 19.5 Å². The summed E-state index contributed by atoms with van der Waals surface area (Å²) in [7, 11) is -3.77. The molecule has 0 aliphatic carbocycles. The molecular weight excluding hydrogens is 310 g/mol. The van der Waals surface area contributed by atoms with Gasteiger partial charge in [0.05, 0.1) is 11.3 Å². The average molecular weight is 325 g/mol. The number of thiophene rings is 1. The molecule has 0 amide bonds. The Morgan fingerprint density at radius 1 is 1.29 bits per heavy atom. The van der Waals surface area contributed by atoms with Crippen molar-refractivity contribution in [2.24, 2.45) is 0 Å². The smallest absolute Gasteiger partial charge is 0.337 e. The van der Waals surface area contributed by atoms with E-state index in [9.17, 15) is 13.2 Å². The van der Waals surface area contributed by atoms with Crippen LogP contribution < -0.4 is 4.72 Å². The third-order valence-corrected chi connectivity index (χ3v) is 5.99. The fourth-order valence-corrected chi connectivity index (χ4v) is 4.19. The molecule has 0 spiro atoms. The molecule has 0 saturated heterocycles. The van der Waals surface area contributed by atoms with Crippen molar-refractivity contribution in [3.05, 3.63) is 46.3 Å². The second-order valence-corrected chi connectivity index (χ2v) is 7.61. The molecule has 5 nitrogen and oxygen atoms in total. The van der Waals surface area contributed by atoms with Crippen molar-refractivity contribution in [3.8, 4) is 0 Å². The first kappa shape index (κ1) is 15.5. The molecule has 1 heterocycles. The molecule has 2 rings (SSSR count). The first-order chi connectivity index (χ1) is 9.83. The third-order valence-electron chi connectivity index (χ3n) is 2.90. The molecule has 0 unspecified atom stereocenters. The molecule has 0 atom stereocenters. The van der Waals surface area contributed by atoms with E-state index in [1.165, 1.54) is 29.5 Å². The SMILES string of the molecule is CCc1ccc(S(=O)(=O)Nc2ccc(C)cc2C(=O)O)s1. The van der Waals surface area contributed by atoms with Crippen LogP contribution in [0.4, 0.5) is 5.69 Å². The maximum absolute atomic E-state index is 12.3. The number of carboxylic acids is 1. The van der Waals surface area contributed by atoms with Gasteiger partial charge in [0.15, 0.2) is 0 Å². The number of aromatic carboxylic acids is 1. The molecule has 0 bridgehead atoms. The summed E-state index contributed by atoms with van der Waals surface area (Å²) in [5.74, 6) is -1.17. The zero-order valence-corrected chi connectivity index (χ0v) is 13.2. The first-order valence-electron chi connectivity index (χ1n) is 6.29. The number of hydrogen-bond donors (Lipinski definition) is 2. The van der Waals surface area contributed by atoms with Gasteiger partial charge >= 0.3 is 5.97 Å². The lowest BCUT2D eigenvalue weighted by Gasteiger charge is -2.10. The summed E-state index contributed by atoms with van der Waals surface area (Å²) in [5, 5.41) is 9.17. The number of nitrogens with one attached hydrogen (secondary N) is 1. The van der Waals surface area contributed by atoms with Gasteiger partial charge in [-0.05, 0) is 37.6 Å². The van der Waals surface area contributed by atoms with Crippen LogP contribution in [0.3, 0.4) is 0 Å². The fraction of sp³-hybridized carbons (Fsp3) is 0.214. The maximum Gasteiger partial charge on any atom is 0.337 e. The monoisotopic (exact) mass is 325 g/mol. The lowest BCUT2D eigenvalue weighted by atomic mass is 10.1. The zero-order chi connectivity index (χ0) is 15.6. The molecule has 1 aromatic heterocycles. The minimum Gasteiger partial charge on any atom is -0.478 e. The summed E-state index contributed by atoms with van der Waals surface area (Å²) in [6, 6.07) is 7.85. The highest BCUT2D eigenvalue weighted by atomic mass is 32.2. The van der Waals surface area contributed by atoms with E-state index in [4.69, 9.17) is 5.11 Å². The van der Waals surface area contributed by atoms with Crippen LogP contribution in [0.2, 0.25) is 0 Å². The van der Waals surface area contributed by atoms with Crippen LogP contribution in [-0.2, 0) is 16.4 Å². The predicted molar refractivity (Wildman–Crippen MR) is 82.6 cm³/mol. The Labute approximate surface area is 127 Å². The summed E-state index contributed by atoms with van der Waals surface area (Å²) >= 11 is 1.18. The van der Waals surface area contributed by atoms with Crippen molar-refractivity contribution in [3.63, 3.8) is 0 Å². The minimum absolute atomic E-state index is 0.0640. The van der Waals surface area contributed by atoms with Crippen LogP contribution in [0.5, 0.6) is 0 Å². The molecular formula is C14H15NO4S2. The number of aryl methyl sites for hydroxylation is 2. The molecule has 7 heteroatoms. The largest absolute Gasteiger partial charge is 0.478 e. The number of carboxylic acid groups (broad SMARTS) is 1. The van der Waals surface area contributed by atoms with Gasteiger partial charge in [0, 0.05) is 4.88 Å². The highest BCUT2D eigenvalue weighted by molar-refractivity contribution is 7.94. The number of rotatable bonds is 5. The van der Waals surface area contributed by atoms with Gasteiger partial charge in [-0.1, -0.05) is 18.6 Å². The Bertz CT molecular complexity index is 778. The summed E-state index contributed by atoms with van der Waals surface area (Å²) in [6.07, 6.45) is 0.755. The predicted octanol–water partition coefficient (Wildman–Crippen LogP) is 3.12. The summed E-state index contributed by atoms with van der Waals surface area (Å²) < 4.78 is 27.1. The normalized spacial score (nSPS) is 11.3. The van der Waals surface area contributed by atoms with E-state index in [-0.39, 0.29) is 15.5 Å². The number of hydrogen-bond acceptors (Lipinski definition) is 4. The summed E-state index contributed by atoms with van der Waals surface area (Å²) in [5.41, 5.74) is 0.755. The second-order valence-electron chi connectivity index (χ2n) is 4.53. The van der Waals surface area contributed by atoms with Gasteiger partial charge in [0.1, 0.15) is 4.21 Å². The Kier molecular flexibility index (Phi) is 4.34. The molecule has 2 aromatic rings. The number of carbonyl (C=O) groups is 1. The topological polar surface area (TPSA) is 83.5 Å². The van der Waals surface area contributed by atoms with Gasteiger partial charge < -0.3 is 5.11 Å². The third kappa shape index (κ3) is 3.43. The van der Waals surface area contributed by atoms with Crippen molar-refractivity contribution in [1.29, 1.82) is 0 Å². The Hall–Kier alpha value is -1.86. The molecule has 0 aliphatic heterocycles. The van der Waals surface area contributed by atoms with Gasteiger partial charge in [-0.25, -0.2) is 13.2 Å². The van der Waals surface area contributed by atoms with Crippen LogP contribution in [0.15, 0.2) is 34.5 Å². The lowest BCUT2D eigenvalue weighted by Crippen LogP contribution is -2.14.